The summed E-state index contributed by atoms with van der Waals surface area (Å²) in [6.07, 6.45) is 100.0. The van der Waals surface area contributed by atoms with E-state index in [1.807, 2.05) is 0 Å². The van der Waals surface area contributed by atoms with Gasteiger partial charge in [0.25, 0.3) is 0 Å². The quantitative estimate of drug-likeness (QED) is 0.0320. The molecule has 0 saturated heterocycles. The van der Waals surface area contributed by atoms with E-state index in [9.17, 15) is 19.8 Å². The standard InChI is InChI=1S/C82H159NO5/c1-3-5-7-9-11-13-15-17-18-19-41-44-47-51-54-58-62-66-70-74-80(85)79(78-84)83-81(86)75-71-67-63-59-55-52-48-45-42-39-37-35-33-31-29-27-25-23-21-20-22-24-26-28-30-32-34-36-38-40-43-46-49-53-57-61-65-69-73-77-88-82(87)76-72-68-64-60-56-50-16-14-12-10-8-6-4-2/h20-21,24,26,79-80,84-85H,3-19,22-23,25,27-78H2,1-2H3,(H,83,86)/b21-20-,26-24-. The molecule has 0 spiro atoms. The topological polar surface area (TPSA) is 95.9 Å². The van der Waals surface area contributed by atoms with Crippen molar-refractivity contribution in [3.63, 3.8) is 0 Å². The molecule has 0 aliphatic carbocycles. The summed E-state index contributed by atoms with van der Waals surface area (Å²) in [5.41, 5.74) is 0. The molecule has 0 bridgehead atoms. The summed E-state index contributed by atoms with van der Waals surface area (Å²) in [7, 11) is 0. The summed E-state index contributed by atoms with van der Waals surface area (Å²) in [6.45, 7) is 5.01. The van der Waals surface area contributed by atoms with Crippen molar-refractivity contribution in [1.29, 1.82) is 0 Å². The number of carbonyl (C=O) groups excluding carboxylic acids is 2. The van der Waals surface area contributed by atoms with E-state index in [0.29, 0.717) is 25.9 Å². The molecule has 6 nitrogen and oxygen atoms in total. The minimum Gasteiger partial charge on any atom is -0.466 e. The fraction of sp³-hybridized carbons (Fsp3) is 0.927. The second kappa shape index (κ2) is 77.8. The number of rotatable bonds is 77. The lowest BCUT2D eigenvalue weighted by atomic mass is 10.0. The normalized spacial score (nSPS) is 12.5. The van der Waals surface area contributed by atoms with Crippen LogP contribution in [0.3, 0.4) is 0 Å². The maximum atomic E-state index is 12.6. The van der Waals surface area contributed by atoms with Crippen LogP contribution in [0.2, 0.25) is 0 Å². The molecular weight excluding hydrogens is 1080 g/mol. The third-order valence-electron chi connectivity index (χ3n) is 19.3. The van der Waals surface area contributed by atoms with Gasteiger partial charge in [-0.1, -0.05) is 417 Å². The fourth-order valence-electron chi connectivity index (χ4n) is 13.1. The molecule has 2 atom stereocenters. The highest BCUT2D eigenvalue weighted by atomic mass is 16.5. The molecule has 1 amide bonds. The Kier molecular flexibility index (Phi) is 76.3. The molecule has 522 valence electrons. The number of ether oxygens (including phenoxy) is 1. The van der Waals surface area contributed by atoms with Crippen molar-refractivity contribution in [3.05, 3.63) is 24.3 Å². The molecule has 0 rings (SSSR count). The summed E-state index contributed by atoms with van der Waals surface area (Å²) in [6, 6.07) is -0.540. The number of carbonyl (C=O) groups is 2. The molecule has 2 unspecified atom stereocenters. The number of allylic oxidation sites excluding steroid dienone is 4. The Bertz CT molecular complexity index is 1380. The zero-order valence-corrected chi connectivity index (χ0v) is 60.0. The number of esters is 1. The highest BCUT2D eigenvalue weighted by molar-refractivity contribution is 5.76. The monoisotopic (exact) mass is 1240 g/mol. The SMILES string of the molecule is CCCCCCCCCCCCCCCCCCCCCC(O)C(CO)NC(=O)CCCCCCCCCCCCCCCCCCC/C=C\C/C=C\CCCCCCCCCCCCCCCCCOC(=O)CCCCCCCCCCCCCCC. The molecule has 0 aromatic carbocycles. The predicted molar refractivity (Wildman–Crippen MR) is 389 cm³/mol. The first-order valence-corrected chi connectivity index (χ1v) is 40.6. The van der Waals surface area contributed by atoms with E-state index >= 15 is 0 Å². The van der Waals surface area contributed by atoms with Crippen molar-refractivity contribution in [3.8, 4) is 0 Å². The maximum absolute atomic E-state index is 12.6. The largest absolute Gasteiger partial charge is 0.466 e. The molecule has 0 aromatic heterocycles. The van der Waals surface area contributed by atoms with Gasteiger partial charge in [-0.15, -0.1) is 0 Å². The molecule has 3 N–H and O–H groups in total. The van der Waals surface area contributed by atoms with Crippen molar-refractivity contribution >= 4 is 11.9 Å². The third-order valence-corrected chi connectivity index (χ3v) is 19.3. The number of aliphatic hydroxyl groups excluding tert-OH is 2. The second-order valence-corrected chi connectivity index (χ2v) is 28.1. The van der Waals surface area contributed by atoms with Gasteiger partial charge in [-0.2, -0.15) is 0 Å². The number of aliphatic hydroxyl groups is 2. The Morgan fingerprint density at radius 1 is 0.318 bits per heavy atom. The minimum atomic E-state index is -0.663. The van der Waals surface area contributed by atoms with Crippen LogP contribution >= 0.6 is 0 Å². The number of amides is 1. The smallest absolute Gasteiger partial charge is 0.305 e. The van der Waals surface area contributed by atoms with Gasteiger partial charge >= 0.3 is 5.97 Å². The number of hydrogen-bond donors (Lipinski definition) is 3. The van der Waals surface area contributed by atoms with Crippen molar-refractivity contribution in [2.45, 2.75) is 475 Å². The van der Waals surface area contributed by atoms with E-state index in [4.69, 9.17) is 4.74 Å². The van der Waals surface area contributed by atoms with Crippen molar-refractivity contribution in [2.24, 2.45) is 0 Å². The Morgan fingerprint density at radius 3 is 0.864 bits per heavy atom. The van der Waals surface area contributed by atoms with Crippen LogP contribution in [-0.4, -0.2) is 47.4 Å². The number of hydrogen-bond acceptors (Lipinski definition) is 5. The van der Waals surface area contributed by atoms with Crippen LogP contribution in [0, 0.1) is 0 Å². The Hall–Kier alpha value is -1.66. The molecule has 6 heteroatoms. The number of unbranched alkanes of at least 4 members (excludes halogenated alkanes) is 62. The van der Waals surface area contributed by atoms with Crippen LogP contribution in [-0.2, 0) is 14.3 Å². The van der Waals surface area contributed by atoms with Gasteiger partial charge < -0.3 is 20.3 Å². The highest BCUT2D eigenvalue weighted by Crippen LogP contribution is 2.20. The zero-order chi connectivity index (χ0) is 63.5. The van der Waals surface area contributed by atoms with E-state index < -0.39 is 12.1 Å². The van der Waals surface area contributed by atoms with Gasteiger partial charge in [0.15, 0.2) is 0 Å². The van der Waals surface area contributed by atoms with Crippen molar-refractivity contribution in [2.75, 3.05) is 13.2 Å². The van der Waals surface area contributed by atoms with Gasteiger partial charge in [0.1, 0.15) is 0 Å². The van der Waals surface area contributed by atoms with E-state index in [1.165, 1.54) is 385 Å². The first kappa shape index (κ1) is 86.3. The minimum absolute atomic E-state index is 0.0228. The van der Waals surface area contributed by atoms with E-state index in [1.54, 1.807) is 0 Å². The molecule has 0 fully saturated rings. The molecule has 0 aromatic rings. The van der Waals surface area contributed by atoms with Gasteiger partial charge in [0, 0.05) is 12.8 Å². The van der Waals surface area contributed by atoms with Crippen LogP contribution in [0.1, 0.15) is 463 Å². The molecule has 88 heavy (non-hydrogen) atoms. The first-order chi connectivity index (χ1) is 43.5. The molecule has 0 aliphatic rings. The zero-order valence-electron chi connectivity index (χ0n) is 60.0. The van der Waals surface area contributed by atoms with Gasteiger partial charge in [-0.25, -0.2) is 0 Å². The average Bonchev–Trinajstić information content (AvgIpc) is 3.53. The highest BCUT2D eigenvalue weighted by Gasteiger charge is 2.20. The first-order valence-electron chi connectivity index (χ1n) is 40.6. The van der Waals surface area contributed by atoms with E-state index in [2.05, 4.69) is 43.5 Å². The van der Waals surface area contributed by atoms with Crippen LogP contribution in [0.5, 0.6) is 0 Å². The Labute approximate surface area is 551 Å². The number of nitrogens with one attached hydrogen (secondary N) is 1. The summed E-state index contributed by atoms with van der Waals surface area (Å²) >= 11 is 0. The van der Waals surface area contributed by atoms with Gasteiger partial charge in [-0.3, -0.25) is 9.59 Å². The van der Waals surface area contributed by atoms with Crippen LogP contribution in [0.25, 0.3) is 0 Å². The van der Waals surface area contributed by atoms with Gasteiger partial charge in [0.2, 0.25) is 5.91 Å². The molecular formula is C82H159NO5. The van der Waals surface area contributed by atoms with Crippen LogP contribution in [0.4, 0.5) is 0 Å². The average molecular weight is 1240 g/mol. The summed E-state index contributed by atoms with van der Waals surface area (Å²) in [5, 5.41) is 23.4. The van der Waals surface area contributed by atoms with Crippen molar-refractivity contribution < 1.29 is 24.5 Å². The fourth-order valence-corrected chi connectivity index (χ4v) is 13.1. The Morgan fingerprint density at radius 2 is 0.568 bits per heavy atom. The lowest BCUT2D eigenvalue weighted by Crippen LogP contribution is -2.45. The molecule has 0 heterocycles. The van der Waals surface area contributed by atoms with Crippen LogP contribution in [0.15, 0.2) is 24.3 Å². The lowest BCUT2D eigenvalue weighted by molar-refractivity contribution is -0.143. The summed E-state index contributed by atoms with van der Waals surface area (Å²) in [4.78, 5) is 24.6. The molecule has 0 radical (unpaired) electrons. The lowest BCUT2D eigenvalue weighted by Gasteiger charge is -2.22. The predicted octanol–water partition coefficient (Wildman–Crippen LogP) is 26.8. The van der Waals surface area contributed by atoms with Crippen molar-refractivity contribution in [1.82, 2.24) is 5.32 Å². The summed E-state index contributed by atoms with van der Waals surface area (Å²) < 4.78 is 5.50. The van der Waals surface area contributed by atoms with E-state index in [-0.39, 0.29) is 18.5 Å². The van der Waals surface area contributed by atoms with Crippen LogP contribution < -0.4 is 5.32 Å². The summed E-state index contributed by atoms with van der Waals surface area (Å²) in [5.74, 6) is -0.00414. The van der Waals surface area contributed by atoms with Gasteiger partial charge in [0.05, 0.1) is 25.4 Å². The second-order valence-electron chi connectivity index (χ2n) is 28.1. The van der Waals surface area contributed by atoms with Gasteiger partial charge in [-0.05, 0) is 57.8 Å². The Balaban J connectivity index is 3.35. The van der Waals surface area contributed by atoms with E-state index in [0.717, 1.165) is 44.9 Å². The third kappa shape index (κ3) is 73.4. The molecule has 0 aliphatic heterocycles. The molecule has 0 saturated carbocycles. The maximum Gasteiger partial charge on any atom is 0.305 e.